The van der Waals surface area contributed by atoms with Crippen molar-refractivity contribution in [2.24, 2.45) is 0 Å². The van der Waals surface area contributed by atoms with Crippen molar-refractivity contribution in [1.29, 1.82) is 0 Å². The number of nitrogens with one attached hydrogen (secondary N) is 2. The second-order valence-electron chi connectivity index (χ2n) is 4.76. The molecule has 0 spiro atoms. The molecule has 7 heteroatoms. The number of aromatic amines is 1. The molecule has 0 aliphatic carbocycles. The van der Waals surface area contributed by atoms with E-state index in [4.69, 9.17) is 21.1 Å². The molecule has 23 heavy (non-hydrogen) atoms. The molecule has 0 saturated heterocycles. The molecule has 0 bridgehead atoms. The highest BCUT2D eigenvalue weighted by atomic mass is 35.5. The normalized spacial score (nSPS) is 10.2. The Morgan fingerprint density at radius 2 is 2.17 bits per heavy atom. The van der Waals surface area contributed by atoms with E-state index in [1.165, 1.54) is 6.20 Å². The average molecular weight is 336 g/mol. The van der Waals surface area contributed by atoms with Crippen molar-refractivity contribution in [3.63, 3.8) is 0 Å². The van der Waals surface area contributed by atoms with Gasteiger partial charge in [0.15, 0.2) is 11.5 Å². The molecule has 1 aromatic heterocycles. The highest BCUT2D eigenvalue weighted by Gasteiger charge is 2.12. The highest BCUT2D eigenvalue weighted by Crippen LogP contribution is 2.33. The quantitative estimate of drug-likeness (QED) is 0.761. The number of H-pyrrole nitrogens is 1. The maximum absolute atomic E-state index is 11.4. The van der Waals surface area contributed by atoms with Crippen LogP contribution in [0.15, 0.2) is 35.8 Å². The topological polar surface area (TPSA) is 76.2 Å². The Morgan fingerprint density at radius 3 is 2.83 bits per heavy atom. The van der Waals surface area contributed by atoms with E-state index in [1.54, 1.807) is 20.3 Å². The van der Waals surface area contributed by atoms with Gasteiger partial charge in [-0.05, 0) is 24.1 Å². The predicted molar refractivity (Wildman–Crippen MR) is 90.6 cm³/mol. The number of aromatic nitrogens is 2. The van der Waals surface area contributed by atoms with Crippen LogP contribution < -0.4 is 20.3 Å². The van der Waals surface area contributed by atoms with Gasteiger partial charge in [0.25, 0.3) is 5.56 Å². The summed E-state index contributed by atoms with van der Waals surface area (Å²) in [7, 11) is 3.19. The molecule has 0 saturated carbocycles. The van der Waals surface area contributed by atoms with Gasteiger partial charge >= 0.3 is 0 Å². The standard InChI is InChI=1S/C16H18ClN3O3/c1-4-5-11-6-10(7-13(22-2)15(11)23-3)8-18-12-9-19-20-16(21)14(12)17/h4,6-7,9H,1,5,8H2,2-3H3,(H2,18,20,21). The fourth-order valence-corrected chi connectivity index (χ4v) is 2.38. The molecule has 1 aromatic carbocycles. The van der Waals surface area contributed by atoms with Gasteiger partial charge in [0.05, 0.1) is 26.1 Å². The van der Waals surface area contributed by atoms with Gasteiger partial charge in [-0.2, -0.15) is 5.10 Å². The van der Waals surface area contributed by atoms with Gasteiger partial charge in [-0.3, -0.25) is 4.79 Å². The van der Waals surface area contributed by atoms with Crippen molar-refractivity contribution in [3.8, 4) is 11.5 Å². The van der Waals surface area contributed by atoms with Crippen LogP contribution >= 0.6 is 11.6 Å². The third kappa shape index (κ3) is 3.84. The van der Waals surface area contributed by atoms with Gasteiger partial charge in [-0.1, -0.05) is 17.7 Å². The van der Waals surface area contributed by atoms with Gasteiger partial charge in [0.2, 0.25) is 0 Å². The second-order valence-corrected chi connectivity index (χ2v) is 5.14. The number of benzene rings is 1. The summed E-state index contributed by atoms with van der Waals surface area (Å²) in [4.78, 5) is 11.4. The number of anilines is 1. The molecule has 122 valence electrons. The highest BCUT2D eigenvalue weighted by molar-refractivity contribution is 6.32. The molecule has 2 aromatic rings. The van der Waals surface area contributed by atoms with Crippen LogP contribution in [0.2, 0.25) is 5.02 Å². The Hall–Kier alpha value is -2.47. The Balaban J connectivity index is 2.29. The Morgan fingerprint density at radius 1 is 1.39 bits per heavy atom. The Bertz CT molecular complexity index is 759. The van der Waals surface area contributed by atoms with Crippen molar-refractivity contribution in [2.45, 2.75) is 13.0 Å². The van der Waals surface area contributed by atoms with Crippen molar-refractivity contribution < 1.29 is 9.47 Å². The molecule has 0 radical (unpaired) electrons. The van der Waals surface area contributed by atoms with Crippen LogP contribution in [0.3, 0.4) is 0 Å². The minimum atomic E-state index is -0.434. The van der Waals surface area contributed by atoms with Gasteiger partial charge in [0, 0.05) is 12.1 Å². The number of hydrogen-bond donors (Lipinski definition) is 2. The summed E-state index contributed by atoms with van der Waals surface area (Å²) in [5.41, 5.74) is 1.96. The molecule has 2 N–H and O–H groups in total. The summed E-state index contributed by atoms with van der Waals surface area (Å²) < 4.78 is 10.8. The van der Waals surface area contributed by atoms with Gasteiger partial charge in [-0.15, -0.1) is 6.58 Å². The second kappa shape index (κ2) is 7.69. The Labute approximate surface area is 139 Å². The number of halogens is 1. The van der Waals surface area contributed by atoms with Crippen LogP contribution in [0.25, 0.3) is 0 Å². The molecule has 0 fully saturated rings. The Kier molecular flexibility index (Phi) is 5.65. The first-order valence-electron chi connectivity index (χ1n) is 6.92. The maximum Gasteiger partial charge on any atom is 0.285 e. The van der Waals surface area contributed by atoms with Crippen LogP contribution in [0.1, 0.15) is 11.1 Å². The summed E-state index contributed by atoms with van der Waals surface area (Å²) in [5.74, 6) is 1.32. The fourth-order valence-electron chi connectivity index (χ4n) is 2.22. The van der Waals surface area contributed by atoms with Crippen molar-refractivity contribution >= 4 is 17.3 Å². The van der Waals surface area contributed by atoms with E-state index in [-0.39, 0.29) is 5.02 Å². The number of allylic oxidation sites excluding steroid dienone is 1. The third-order valence-corrected chi connectivity index (χ3v) is 3.63. The first kappa shape index (κ1) is 16.9. The van der Waals surface area contributed by atoms with Crippen molar-refractivity contribution in [3.05, 3.63) is 57.5 Å². The molecule has 0 amide bonds. The molecular weight excluding hydrogens is 318 g/mol. The number of ether oxygens (including phenoxy) is 2. The zero-order chi connectivity index (χ0) is 16.8. The van der Waals surface area contributed by atoms with Crippen LogP contribution in [0, 0.1) is 0 Å². The summed E-state index contributed by atoms with van der Waals surface area (Å²) >= 11 is 5.94. The number of rotatable bonds is 7. The van der Waals surface area contributed by atoms with E-state index in [0.717, 1.165) is 11.1 Å². The first-order valence-corrected chi connectivity index (χ1v) is 7.30. The lowest BCUT2D eigenvalue weighted by Gasteiger charge is -2.15. The van der Waals surface area contributed by atoms with E-state index in [9.17, 15) is 4.79 Å². The van der Waals surface area contributed by atoms with Crippen LogP contribution in [0.5, 0.6) is 11.5 Å². The fraction of sp³-hybridized carbons (Fsp3) is 0.250. The largest absolute Gasteiger partial charge is 0.493 e. The van der Waals surface area contributed by atoms with Gasteiger partial charge in [0.1, 0.15) is 5.02 Å². The SMILES string of the molecule is C=CCc1cc(CNc2cn[nH]c(=O)c2Cl)cc(OC)c1OC. The average Bonchev–Trinajstić information content (AvgIpc) is 2.56. The number of nitrogens with zero attached hydrogens (tertiary/aromatic N) is 1. The van der Waals surface area contributed by atoms with Crippen LogP contribution in [-0.2, 0) is 13.0 Å². The van der Waals surface area contributed by atoms with Crippen molar-refractivity contribution in [1.82, 2.24) is 10.2 Å². The zero-order valence-corrected chi connectivity index (χ0v) is 13.7. The molecule has 6 nitrogen and oxygen atoms in total. The molecule has 0 unspecified atom stereocenters. The minimum absolute atomic E-state index is 0.0757. The molecule has 1 heterocycles. The molecule has 0 atom stereocenters. The van der Waals surface area contributed by atoms with E-state index < -0.39 is 5.56 Å². The summed E-state index contributed by atoms with van der Waals surface area (Å²) in [6.45, 7) is 4.21. The zero-order valence-electron chi connectivity index (χ0n) is 13.0. The van der Waals surface area contributed by atoms with Crippen LogP contribution in [-0.4, -0.2) is 24.4 Å². The van der Waals surface area contributed by atoms with Crippen molar-refractivity contribution in [2.75, 3.05) is 19.5 Å². The lowest BCUT2D eigenvalue weighted by molar-refractivity contribution is 0.352. The number of hydrogen-bond acceptors (Lipinski definition) is 5. The lowest BCUT2D eigenvalue weighted by atomic mass is 10.1. The van der Waals surface area contributed by atoms with Gasteiger partial charge < -0.3 is 14.8 Å². The van der Waals surface area contributed by atoms with E-state index in [1.807, 2.05) is 12.1 Å². The monoisotopic (exact) mass is 335 g/mol. The molecule has 2 rings (SSSR count). The predicted octanol–water partition coefficient (Wildman–Crippen LogP) is 2.78. The molecule has 0 aliphatic heterocycles. The van der Waals surface area contributed by atoms with Crippen LogP contribution in [0.4, 0.5) is 5.69 Å². The summed E-state index contributed by atoms with van der Waals surface area (Å²) in [6, 6.07) is 3.86. The first-order chi connectivity index (χ1) is 11.1. The lowest BCUT2D eigenvalue weighted by Crippen LogP contribution is -2.12. The van der Waals surface area contributed by atoms with E-state index in [0.29, 0.717) is 30.2 Å². The third-order valence-electron chi connectivity index (χ3n) is 3.26. The van der Waals surface area contributed by atoms with Gasteiger partial charge in [-0.25, -0.2) is 5.10 Å². The molecular formula is C16H18ClN3O3. The molecule has 0 aliphatic rings. The minimum Gasteiger partial charge on any atom is -0.493 e. The smallest absolute Gasteiger partial charge is 0.285 e. The van der Waals surface area contributed by atoms with E-state index in [2.05, 4.69) is 22.1 Å². The van der Waals surface area contributed by atoms with E-state index >= 15 is 0 Å². The summed E-state index contributed by atoms with van der Waals surface area (Å²) in [5, 5.41) is 9.16. The summed E-state index contributed by atoms with van der Waals surface area (Å²) in [6.07, 6.45) is 3.92. The number of methoxy groups -OCH3 is 2. The maximum atomic E-state index is 11.4.